The van der Waals surface area contributed by atoms with Gasteiger partial charge in [-0.05, 0) is 24.0 Å². The summed E-state index contributed by atoms with van der Waals surface area (Å²) in [5, 5.41) is 22.5. The van der Waals surface area contributed by atoms with Crippen LogP contribution in [0.25, 0.3) is 0 Å². The van der Waals surface area contributed by atoms with Gasteiger partial charge in [0, 0.05) is 14.1 Å². The van der Waals surface area contributed by atoms with Gasteiger partial charge in [0.25, 0.3) is 10.0 Å². The van der Waals surface area contributed by atoms with Gasteiger partial charge in [0.2, 0.25) is 11.6 Å². The van der Waals surface area contributed by atoms with Crippen LogP contribution in [0.4, 0.5) is 17.3 Å². The zero-order valence-corrected chi connectivity index (χ0v) is 18.3. The number of nitrogens with zero attached hydrogens (tertiary/aromatic N) is 2. The summed E-state index contributed by atoms with van der Waals surface area (Å²) in [6.07, 6.45) is 2.35. The minimum Gasteiger partial charge on any atom is -0.546 e. The summed E-state index contributed by atoms with van der Waals surface area (Å²) in [7, 11) is -4.06. The molecule has 10 nitrogen and oxygen atoms in total. The summed E-state index contributed by atoms with van der Waals surface area (Å²) in [4.78, 5) is 0. The van der Waals surface area contributed by atoms with E-state index in [2.05, 4.69) is 33.2 Å². The number of anilines is 3. The van der Waals surface area contributed by atoms with Gasteiger partial charge in [-0.15, -0.1) is 11.3 Å². The highest BCUT2D eigenvalue weighted by Gasteiger charge is 2.25. The summed E-state index contributed by atoms with van der Waals surface area (Å²) in [5.74, 6) is 0.796. The Morgan fingerprint density at radius 3 is 2.62 bits per heavy atom. The lowest BCUT2D eigenvalue weighted by Gasteiger charge is -2.13. The van der Waals surface area contributed by atoms with Gasteiger partial charge in [0.05, 0.1) is 18.0 Å². The molecule has 13 heteroatoms. The zero-order valence-electron chi connectivity index (χ0n) is 15.9. The smallest absolute Gasteiger partial charge is 0.251 e. The van der Waals surface area contributed by atoms with Crippen LogP contribution in [0.15, 0.2) is 26.3 Å². The Hall–Kier alpha value is -2.19. The second-order valence-corrected chi connectivity index (χ2v) is 10.1. The molecule has 0 saturated carbocycles. The van der Waals surface area contributed by atoms with Crippen LogP contribution in [0.3, 0.4) is 0 Å². The van der Waals surface area contributed by atoms with Crippen molar-refractivity contribution in [3.8, 4) is 5.75 Å². The number of aromatic hydroxyl groups is 1. The number of hydrogen-bond donors (Lipinski definition) is 4. The fourth-order valence-electron chi connectivity index (χ4n) is 2.59. The van der Waals surface area contributed by atoms with Gasteiger partial charge in [-0.25, -0.2) is 13.6 Å². The van der Waals surface area contributed by atoms with Gasteiger partial charge in [-0.1, -0.05) is 20.8 Å². The molecule has 0 amide bonds. The number of thiophene rings is 1. The average molecular weight is 460 g/mol. The monoisotopic (exact) mass is 459 g/mol. The van der Waals surface area contributed by atoms with Crippen LogP contribution < -0.4 is 15.8 Å². The summed E-state index contributed by atoms with van der Waals surface area (Å²) < 4.78 is 48.0. The van der Waals surface area contributed by atoms with E-state index in [0.29, 0.717) is 18.1 Å². The van der Waals surface area contributed by atoms with E-state index in [9.17, 15) is 18.1 Å². The summed E-state index contributed by atoms with van der Waals surface area (Å²) in [6, 6.07) is 1.70. The minimum atomic E-state index is -4.06. The first-order chi connectivity index (χ1) is 13.6. The number of furan rings is 1. The van der Waals surface area contributed by atoms with Crippen molar-refractivity contribution < 1.29 is 22.5 Å². The Morgan fingerprint density at radius 2 is 2.07 bits per heavy atom. The van der Waals surface area contributed by atoms with Crippen LogP contribution in [0, 0.1) is 0 Å². The Morgan fingerprint density at radius 1 is 1.38 bits per heavy atom. The third-order valence-electron chi connectivity index (χ3n) is 4.18. The third-order valence-corrected chi connectivity index (χ3v) is 7.31. The average Bonchev–Trinajstić information content (AvgIpc) is 3.32. The molecule has 3 aromatic heterocycles. The predicted molar refractivity (Wildman–Crippen MR) is 111 cm³/mol. The zero-order chi connectivity index (χ0) is 21.3. The molecule has 0 spiro atoms. The van der Waals surface area contributed by atoms with E-state index in [1.807, 2.05) is 13.0 Å². The van der Waals surface area contributed by atoms with Crippen LogP contribution in [-0.2, 0) is 10.0 Å². The second kappa shape index (κ2) is 8.28. The molecule has 0 radical (unpaired) electrons. The van der Waals surface area contributed by atoms with Gasteiger partial charge < -0.3 is 24.7 Å². The van der Waals surface area contributed by atoms with Crippen LogP contribution in [0.2, 0.25) is 0 Å². The second-order valence-electron chi connectivity index (χ2n) is 6.61. The summed E-state index contributed by atoms with van der Waals surface area (Å²) in [5.41, 5.74) is 1.13. The molecule has 0 bridgehead atoms. The lowest BCUT2D eigenvalue weighted by atomic mass is 10.1. The molecule has 3 heterocycles. The van der Waals surface area contributed by atoms with E-state index in [4.69, 9.17) is 9.56 Å². The molecule has 158 valence electrons. The number of primary sulfonamides is 1. The number of hydrogen-bond acceptors (Lipinski definition) is 10. The largest absolute Gasteiger partial charge is 0.546 e. The molecule has 1 unspecified atom stereocenters. The Bertz CT molecular complexity index is 1100. The highest BCUT2D eigenvalue weighted by molar-refractivity contribution is 7.91. The Balaban J connectivity index is 1.86. The van der Waals surface area contributed by atoms with E-state index in [0.717, 1.165) is 16.9 Å². The molecule has 0 fully saturated rings. The predicted octanol–water partition coefficient (Wildman–Crippen LogP) is 3.64. The molecule has 0 aliphatic heterocycles. The molecular weight excluding hydrogens is 438 g/mol. The molecular formula is C16H21N5O5S3. The van der Waals surface area contributed by atoms with Gasteiger partial charge >= 0.3 is 0 Å². The van der Waals surface area contributed by atoms with Crippen LogP contribution in [0.5, 0.6) is 5.75 Å². The van der Waals surface area contributed by atoms with E-state index in [-0.39, 0.29) is 27.6 Å². The number of aromatic nitrogens is 2. The van der Waals surface area contributed by atoms with Crippen molar-refractivity contribution in [1.29, 1.82) is 0 Å². The van der Waals surface area contributed by atoms with Gasteiger partial charge in [0.15, 0.2) is 21.1 Å². The normalized spacial score (nSPS) is 13.7. The van der Waals surface area contributed by atoms with Crippen LogP contribution >= 0.6 is 22.5 Å². The topological polar surface area (TPSA) is 166 Å². The van der Waals surface area contributed by atoms with Crippen molar-refractivity contribution in [2.24, 2.45) is 5.14 Å². The minimum absolute atomic E-state index is 0.0688. The van der Waals surface area contributed by atoms with Crippen molar-refractivity contribution in [1.82, 2.24) is 8.75 Å². The van der Waals surface area contributed by atoms with Gasteiger partial charge in [0.1, 0.15) is 5.76 Å². The van der Waals surface area contributed by atoms with E-state index in [1.165, 1.54) is 5.38 Å². The third kappa shape index (κ3) is 4.70. The number of nitrogens with two attached hydrogens (primary N) is 1. The number of rotatable bonds is 8. The molecule has 3 rings (SSSR count). The fraction of sp³-hybridized carbons (Fsp3) is 0.375. The van der Waals surface area contributed by atoms with Gasteiger partial charge in [-0.3, -0.25) is 0 Å². The van der Waals surface area contributed by atoms with Gasteiger partial charge in [-0.2, -0.15) is 0 Å². The Kier molecular flexibility index (Phi) is 6.14. The lowest BCUT2D eigenvalue weighted by Crippen LogP contribution is -2.11. The molecule has 3 aromatic rings. The van der Waals surface area contributed by atoms with Crippen molar-refractivity contribution in [3.63, 3.8) is 0 Å². The summed E-state index contributed by atoms with van der Waals surface area (Å²) >= 11 is -1.09. The molecule has 5 N–H and O–H groups in total. The van der Waals surface area contributed by atoms with Crippen molar-refractivity contribution in [2.75, 3.05) is 10.6 Å². The maximum atomic E-state index is 11.9. The summed E-state index contributed by atoms with van der Waals surface area (Å²) in [6.45, 7) is 6.07. The van der Waals surface area contributed by atoms with Crippen molar-refractivity contribution >= 4 is 49.8 Å². The van der Waals surface area contributed by atoms with Crippen LogP contribution in [-0.4, -0.2) is 26.8 Å². The van der Waals surface area contributed by atoms with E-state index >= 15 is 0 Å². The fourth-order valence-corrected chi connectivity index (χ4v) is 4.89. The molecule has 0 saturated heterocycles. The highest BCUT2D eigenvalue weighted by Crippen LogP contribution is 2.40. The van der Waals surface area contributed by atoms with Crippen molar-refractivity contribution in [3.05, 3.63) is 29.0 Å². The molecule has 0 aliphatic carbocycles. The molecule has 0 aliphatic rings. The van der Waals surface area contributed by atoms with Crippen LogP contribution in [0.1, 0.15) is 50.5 Å². The standard InChI is InChI=1S/C16H21N5O5S3/c1-4-10(12-5-9(6-26-12)8(2)3)18-14-15(21-28(23)20-14)19-11-7-27-16(13(11)22)29(17,24)25/h5-8,10,22H,4H2,1-3H3,(H,18,20)(H,19,21)(H2,17,24,25)/t10-,28?/m1/s1. The first-order valence-corrected chi connectivity index (χ1v) is 12.1. The lowest BCUT2D eigenvalue weighted by molar-refractivity contribution is 0.466. The van der Waals surface area contributed by atoms with Crippen molar-refractivity contribution in [2.45, 2.75) is 43.4 Å². The number of nitrogens with one attached hydrogen (secondary N) is 2. The SMILES string of the molecule is CC[C@@H](Nc1n[s+]([O-])nc1Nc1csc(S(N)(=O)=O)c1O)c1cc(C(C)C)co1. The first-order valence-electron chi connectivity index (χ1n) is 8.65. The quantitative estimate of drug-likeness (QED) is 0.368. The van der Waals surface area contributed by atoms with E-state index in [1.54, 1.807) is 6.26 Å². The number of sulfonamides is 1. The maximum absolute atomic E-state index is 11.9. The molecule has 2 atom stereocenters. The highest BCUT2D eigenvalue weighted by atomic mass is 32.2. The Labute approximate surface area is 174 Å². The molecule has 0 aromatic carbocycles. The molecule has 29 heavy (non-hydrogen) atoms. The van der Waals surface area contributed by atoms with E-state index < -0.39 is 26.9 Å². The first kappa shape index (κ1) is 21.5. The maximum Gasteiger partial charge on any atom is 0.251 e.